The summed E-state index contributed by atoms with van der Waals surface area (Å²) in [7, 11) is -2.71. The van der Waals surface area contributed by atoms with Crippen LogP contribution in [0.4, 0.5) is 52.7 Å². The monoisotopic (exact) mass is 654 g/mol. The summed E-state index contributed by atoms with van der Waals surface area (Å²) >= 11 is 0. The van der Waals surface area contributed by atoms with Gasteiger partial charge in [0, 0.05) is 16.7 Å². The molecule has 0 atom stereocenters. The summed E-state index contributed by atoms with van der Waals surface area (Å²) in [4.78, 5) is 0. The molecule has 5 aromatic carbocycles. The van der Waals surface area contributed by atoms with Crippen LogP contribution in [-0.2, 0) is 5.92 Å². The van der Waals surface area contributed by atoms with E-state index in [0.29, 0.717) is 6.07 Å². The zero-order valence-corrected chi connectivity index (χ0v) is 22.3. The summed E-state index contributed by atoms with van der Waals surface area (Å²) in [5, 5.41) is 0. The Kier molecular flexibility index (Phi) is 7.44. The second-order valence-electron chi connectivity index (χ2n) is 9.79. The Labute approximate surface area is 250 Å². The van der Waals surface area contributed by atoms with Gasteiger partial charge in [0.25, 0.3) is 0 Å². The lowest BCUT2D eigenvalue weighted by Crippen LogP contribution is -2.46. The number of para-hydroxylation sites is 1. The first-order valence-electron chi connectivity index (χ1n) is 12.8. The maximum Gasteiger partial charge on any atom is 0.635 e. The number of benzene rings is 5. The minimum Gasteiger partial charge on any atom is -0.519 e. The number of rotatable bonds is 6. The fraction of sp³-hybridized carbons (Fsp3) is 0.0323. The Morgan fingerprint density at radius 1 is 0.457 bits per heavy atom. The lowest BCUT2D eigenvalue weighted by Gasteiger charge is -2.23. The molecule has 15 heteroatoms. The summed E-state index contributed by atoms with van der Waals surface area (Å²) in [6.07, 6.45) is 0. The Balaban J connectivity index is 1.61. The van der Waals surface area contributed by atoms with Crippen LogP contribution in [-0.4, -0.2) is 7.12 Å². The van der Waals surface area contributed by atoms with E-state index in [0.717, 1.165) is 18.2 Å². The minimum atomic E-state index is -5.16. The summed E-state index contributed by atoms with van der Waals surface area (Å²) in [6.45, 7) is 0. The van der Waals surface area contributed by atoms with Gasteiger partial charge in [-0.2, -0.15) is 13.2 Å². The molecule has 234 valence electrons. The summed E-state index contributed by atoms with van der Waals surface area (Å²) < 4.78 is 189. The molecular formula is C31H11BF12O2. The van der Waals surface area contributed by atoms with E-state index < -0.39 is 110 Å². The molecule has 0 fully saturated rings. The smallest absolute Gasteiger partial charge is 0.519 e. The average Bonchev–Trinajstić information content (AvgIpc) is 3.29. The number of halogens is 12. The van der Waals surface area contributed by atoms with Gasteiger partial charge in [-0.1, -0.05) is 54.6 Å². The van der Waals surface area contributed by atoms with Crippen molar-refractivity contribution in [3.63, 3.8) is 0 Å². The summed E-state index contributed by atoms with van der Waals surface area (Å²) in [5.41, 5.74) is -9.35. The molecule has 0 bridgehead atoms. The van der Waals surface area contributed by atoms with Crippen LogP contribution < -0.4 is 14.8 Å². The van der Waals surface area contributed by atoms with Crippen molar-refractivity contribution in [2.75, 3.05) is 0 Å². The third kappa shape index (κ3) is 4.55. The number of hydrogen-bond acceptors (Lipinski definition) is 2. The standard InChI is InChI=1S/C31H11BF12O2/c33-15-10-5-9-14(21(15)35)32(45-29-13(8-4-11-16(29)34)12-6-2-1-3-7-12)46-30-20-18(23(37)26(40)28(30)42)17-19(31(20,43)44)24(38)27(41)25(39)22(17)36/h1-11H. The SMILES string of the molecule is Fc1cccc(B(Oc2c(F)cccc2-c2ccccc2)Oc2c(F)c(F)c(F)c3c2C(F)(F)c2c(F)c(F)c(F)c(F)c2-3)c1F. The first-order chi connectivity index (χ1) is 21.8. The van der Waals surface area contributed by atoms with Crippen LogP contribution >= 0.6 is 0 Å². The Bertz CT molecular complexity index is 2050. The quantitative estimate of drug-likeness (QED) is 0.0790. The van der Waals surface area contributed by atoms with Crippen molar-refractivity contribution in [1.82, 2.24) is 0 Å². The molecule has 1 aliphatic carbocycles. The van der Waals surface area contributed by atoms with Crippen molar-refractivity contribution in [3.8, 4) is 33.8 Å². The van der Waals surface area contributed by atoms with E-state index in [2.05, 4.69) is 0 Å². The van der Waals surface area contributed by atoms with Crippen LogP contribution in [0.1, 0.15) is 11.1 Å². The highest BCUT2D eigenvalue weighted by atomic mass is 19.3. The van der Waals surface area contributed by atoms with E-state index in [1.54, 1.807) is 6.07 Å². The molecule has 6 rings (SSSR count). The van der Waals surface area contributed by atoms with E-state index in [4.69, 9.17) is 9.31 Å². The van der Waals surface area contributed by atoms with Crippen LogP contribution in [0.25, 0.3) is 22.3 Å². The Hall–Kier alpha value is -5.08. The van der Waals surface area contributed by atoms with Gasteiger partial charge >= 0.3 is 13.0 Å². The molecule has 5 aromatic rings. The highest BCUT2D eigenvalue weighted by Gasteiger charge is 2.56. The van der Waals surface area contributed by atoms with E-state index in [1.807, 2.05) is 0 Å². The fourth-order valence-corrected chi connectivity index (χ4v) is 5.11. The third-order valence-corrected chi connectivity index (χ3v) is 7.16. The molecule has 0 unspecified atom stereocenters. The highest BCUT2D eigenvalue weighted by Crippen LogP contribution is 2.58. The maximum atomic E-state index is 15.7. The Morgan fingerprint density at radius 2 is 1.00 bits per heavy atom. The van der Waals surface area contributed by atoms with Gasteiger partial charge in [-0.3, -0.25) is 0 Å². The fourth-order valence-electron chi connectivity index (χ4n) is 5.11. The molecule has 0 radical (unpaired) electrons. The van der Waals surface area contributed by atoms with Crippen molar-refractivity contribution < 1.29 is 62.0 Å². The second-order valence-corrected chi connectivity index (χ2v) is 9.79. The molecular weight excluding hydrogens is 643 g/mol. The summed E-state index contributed by atoms with van der Waals surface area (Å²) in [5.74, 6) is -31.2. The predicted molar refractivity (Wildman–Crippen MR) is 139 cm³/mol. The first-order valence-corrected chi connectivity index (χ1v) is 12.8. The molecule has 0 aromatic heterocycles. The van der Waals surface area contributed by atoms with Crippen LogP contribution in [0, 0.1) is 58.2 Å². The normalized spacial score (nSPS) is 13.0. The van der Waals surface area contributed by atoms with E-state index in [9.17, 15) is 26.3 Å². The largest absolute Gasteiger partial charge is 0.635 e. The third-order valence-electron chi connectivity index (χ3n) is 7.16. The zero-order valence-electron chi connectivity index (χ0n) is 22.3. The first kappa shape index (κ1) is 30.9. The van der Waals surface area contributed by atoms with Crippen LogP contribution in [0.2, 0.25) is 0 Å². The van der Waals surface area contributed by atoms with Gasteiger partial charge in [0.05, 0.1) is 16.6 Å². The number of hydrogen-bond donors (Lipinski definition) is 0. The Morgan fingerprint density at radius 3 is 1.67 bits per heavy atom. The van der Waals surface area contributed by atoms with Gasteiger partial charge < -0.3 is 9.31 Å². The molecule has 0 saturated carbocycles. The van der Waals surface area contributed by atoms with Gasteiger partial charge in [-0.15, -0.1) is 0 Å². The van der Waals surface area contributed by atoms with Crippen LogP contribution in [0.5, 0.6) is 11.5 Å². The minimum absolute atomic E-state index is 0.0881. The zero-order chi connectivity index (χ0) is 33.2. The van der Waals surface area contributed by atoms with E-state index in [-0.39, 0.29) is 11.1 Å². The molecule has 0 spiro atoms. The van der Waals surface area contributed by atoms with Crippen molar-refractivity contribution in [3.05, 3.63) is 136 Å². The van der Waals surface area contributed by atoms with Crippen LogP contribution in [0.15, 0.2) is 66.7 Å². The van der Waals surface area contributed by atoms with Gasteiger partial charge in [0.1, 0.15) is 5.75 Å². The van der Waals surface area contributed by atoms with Crippen molar-refractivity contribution in [2.45, 2.75) is 5.92 Å². The van der Waals surface area contributed by atoms with Gasteiger partial charge in [-0.25, -0.2) is 39.5 Å². The van der Waals surface area contributed by atoms with Crippen molar-refractivity contribution in [2.24, 2.45) is 0 Å². The van der Waals surface area contributed by atoms with E-state index >= 15 is 26.3 Å². The van der Waals surface area contributed by atoms with Gasteiger partial charge in [-0.05, 0) is 17.7 Å². The van der Waals surface area contributed by atoms with Gasteiger partial charge in [0.15, 0.2) is 58.1 Å². The lowest BCUT2D eigenvalue weighted by molar-refractivity contribution is 0.0404. The lowest BCUT2D eigenvalue weighted by atomic mass is 9.77. The molecule has 46 heavy (non-hydrogen) atoms. The molecule has 0 amide bonds. The number of alkyl halides is 2. The number of fused-ring (bicyclic) bond motifs is 3. The highest BCUT2D eigenvalue weighted by molar-refractivity contribution is 6.63. The predicted octanol–water partition coefficient (Wildman–Crippen LogP) is 8.72. The van der Waals surface area contributed by atoms with Gasteiger partial charge in [0.2, 0.25) is 5.82 Å². The molecule has 0 N–H and O–H groups in total. The second kappa shape index (κ2) is 11.1. The molecule has 2 nitrogen and oxygen atoms in total. The topological polar surface area (TPSA) is 18.5 Å². The molecule has 0 heterocycles. The molecule has 0 saturated heterocycles. The summed E-state index contributed by atoms with van der Waals surface area (Å²) in [6, 6.07) is 13.0. The molecule has 1 aliphatic rings. The molecule has 0 aliphatic heterocycles. The van der Waals surface area contributed by atoms with Crippen LogP contribution in [0.3, 0.4) is 0 Å². The van der Waals surface area contributed by atoms with E-state index in [1.165, 1.54) is 36.4 Å². The van der Waals surface area contributed by atoms with Crippen molar-refractivity contribution >= 4 is 12.6 Å². The maximum absolute atomic E-state index is 15.7. The average molecular weight is 654 g/mol. The van der Waals surface area contributed by atoms with Crippen molar-refractivity contribution in [1.29, 1.82) is 0 Å².